The molecule has 2 rings (SSSR count). The maximum atomic E-state index is 3.94. The van der Waals surface area contributed by atoms with Crippen molar-refractivity contribution >= 4 is 0 Å². The van der Waals surface area contributed by atoms with Gasteiger partial charge in [-0.3, -0.25) is 0 Å². The number of nitrogens with one attached hydrogen (secondary N) is 1. The van der Waals surface area contributed by atoms with Gasteiger partial charge in [0, 0.05) is 12.1 Å². The van der Waals surface area contributed by atoms with Crippen LogP contribution < -0.4 is 5.32 Å². The molecule has 0 radical (unpaired) electrons. The van der Waals surface area contributed by atoms with Crippen molar-refractivity contribution in [2.45, 2.75) is 65.0 Å². The molecule has 0 aromatic heterocycles. The van der Waals surface area contributed by atoms with Crippen molar-refractivity contribution < 1.29 is 0 Å². The SMILES string of the molecule is CC1CC(C)(C)CCC1NC1CCN(C)CC1. The molecular formula is C15H30N2. The monoisotopic (exact) mass is 238 g/mol. The van der Waals surface area contributed by atoms with Gasteiger partial charge in [-0.25, -0.2) is 0 Å². The molecule has 100 valence electrons. The second-order valence-corrected chi connectivity index (χ2v) is 7.24. The molecule has 0 aromatic rings. The number of likely N-dealkylation sites (tertiary alicyclic amines) is 1. The standard InChI is InChI=1S/C15H30N2/c1-12-11-15(2,3)8-5-14(12)16-13-6-9-17(4)10-7-13/h12-14,16H,5-11H2,1-4H3. The molecule has 17 heavy (non-hydrogen) atoms. The lowest BCUT2D eigenvalue weighted by molar-refractivity contribution is 0.128. The summed E-state index contributed by atoms with van der Waals surface area (Å²) in [5, 5.41) is 3.94. The topological polar surface area (TPSA) is 15.3 Å². The lowest BCUT2D eigenvalue weighted by atomic mass is 9.70. The average Bonchev–Trinajstić information content (AvgIpc) is 2.24. The summed E-state index contributed by atoms with van der Waals surface area (Å²) in [4.78, 5) is 2.45. The summed E-state index contributed by atoms with van der Waals surface area (Å²) >= 11 is 0. The Morgan fingerprint density at radius 2 is 1.76 bits per heavy atom. The van der Waals surface area contributed by atoms with E-state index in [-0.39, 0.29) is 0 Å². The van der Waals surface area contributed by atoms with Crippen LogP contribution in [-0.4, -0.2) is 37.1 Å². The van der Waals surface area contributed by atoms with Crippen molar-refractivity contribution in [2.75, 3.05) is 20.1 Å². The number of hydrogen-bond donors (Lipinski definition) is 1. The fourth-order valence-electron chi connectivity index (χ4n) is 3.67. The molecule has 2 unspecified atom stereocenters. The van der Waals surface area contributed by atoms with Crippen molar-refractivity contribution in [3.8, 4) is 0 Å². The van der Waals surface area contributed by atoms with Crippen molar-refractivity contribution in [2.24, 2.45) is 11.3 Å². The third-order valence-corrected chi connectivity index (χ3v) is 4.86. The predicted molar refractivity (Wildman–Crippen MR) is 74.2 cm³/mol. The van der Waals surface area contributed by atoms with Crippen molar-refractivity contribution in [3.05, 3.63) is 0 Å². The molecule has 1 saturated carbocycles. The van der Waals surface area contributed by atoms with Crippen LogP contribution in [0.1, 0.15) is 52.9 Å². The van der Waals surface area contributed by atoms with Crippen LogP contribution in [0.15, 0.2) is 0 Å². The molecule has 0 spiro atoms. The Morgan fingerprint density at radius 3 is 2.35 bits per heavy atom. The molecule has 2 atom stereocenters. The van der Waals surface area contributed by atoms with Gasteiger partial charge in [-0.15, -0.1) is 0 Å². The Hall–Kier alpha value is -0.0800. The fraction of sp³-hybridized carbons (Fsp3) is 1.00. The largest absolute Gasteiger partial charge is 0.311 e. The third-order valence-electron chi connectivity index (χ3n) is 4.86. The second kappa shape index (κ2) is 5.27. The smallest absolute Gasteiger partial charge is 0.00957 e. The minimum atomic E-state index is 0.574. The molecule has 2 fully saturated rings. The highest BCUT2D eigenvalue weighted by Crippen LogP contribution is 2.38. The van der Waals surface area contributed by atoms with Crippen LogP contribution in [0.25, 0.3) is 0 Å². The first-order valence-electron chi connectivity index (χ1n) is 7.41. The van der Waals surface area contributed by atoms with Crippen LogP contribution in [0.5, 0.6) is 0 Å². The Balaban J connectivity index is 1.79. The van der Waals surface area contributed by atoms with E-state index < -0.39 is 0 Å². The van der Waals surface area contributed by atoms with Crippen LogP contribution in [0.3, 0.4) is 0 Å². The van der Waals surface area contributed by atoms with Gasteiger partial charge in [0.2, 0.25) is 0 Å². The van der Waals surface area contributed by atoms with Crippen molar-refractivity contribution in [1.82, 2.24) is 10.2 Å². The van der Waals surface area contributed by atoms with E-state index in [1.54, 1.807) is 0 Å². The van der Waals surface area contributed by atoms with E-state index >= 15 is 0 Å². The van der Waals surface area contributed by atoms with Gasteiger partial charge in [0.15, 0.2) is 0 Å². The molecule has 2 heteroatoms. The molecule has 1 saturated heterocycles. The number of piperidine rings is 1. The van der Waals surface area contributed by atoms with E-state index in [2.05, 4.69) is 38.0 Å². The van der Waals surface area contributed by atoms with Crippen LogP contribution in [0.4, 0.5) is 0 Å². The zero-order chi connectivity index (χ0) is 12.5. The van der Waals surface area contributed by atoms with Gasteiger partial charge >= 0.3 is 0 Å². The molecule has 1 aliphatic heterocycles. The van der Waals surface area contributed by atoms with Gasteiger partial charge in [-0.05, 0) is 63.6 Å². The zero-order valence-corrected chi connectivity index (χ0v) is 12.1. The van der Waals surface area contributed by atoms with E-state index in [0.717, 1.165) is 18.0 Å². The van der Waals surface area contributed by atoms with Crippen molar-refractivity contribution in [1.29, 1.82) is 0 Å². The molecule has 0 amide bonds. The maximum absolute atomic E-state index is 3.94. The quantitative estimate of drug-likeness (QED) is 0.796. The lowest BCUT2D eigenvalue weighted by Gasteiger charge is -2.42. The summed E-state index contributed by atoms with van der Waals surface area (Å²) < 4.78 is 0. The maximum Gasteiger partial charge on any atom is 0.00957 e. The number of rotatable bonds is 2. The van der Waals surface area contributed by atoms with Gasteiger partial charge in [-0.1, -0.05) is 20.8 Å². The Bertz CT molecular complexity index is 241. The fourth-order valence-corrected chi connectivity index (χ4v) is 3.67. The number of nitrogens with zero attached hydrogens (tertiary/aromatic N) is 1. The first-order valence-corrected chi connectivity index (χ1v) is 7.41. The van der Waals surface area contributed by atoms with Crippen LogP contribution in [0.2, 0.25) is 0 Å². The second-order valence-electron chi connectivity index (χ2n) is 7.24. The summed E-state index contributed by atoms with van der Waals surface area (Å²) in [5.41, 5.74) is 0.574. The minimum Gasteiger partial charge on any atom is -0.311 e. The van der Waals surface area contributed by atoms with E-state index in [1.807, 2.05) is 0 Å². The highest BCUT2D eigenvalue weighted by Gasteiger charge is 2.33. The molecule has 1 aliphatic carbocycles. The average molecular weight is 238 g/mol. The normalized spacial score (nSPS) is 36.0. The molecule has 1 heterocycles. The lowest BCUT2D eigenvalue weighted by Crippen LogP contribution is -2.49. The van der Waals surface area contributed by atoms with Crippen LogP contribution >= 0.6 is 0 Å². The number of hydrogen-bond acceptors (Lipinski definition) is 2. The van der Waals surface area contributed by atoms with Crippen molar-refractivity contribution in [3.63, 3.8) is 0 Å². The van der Waals surface area contributed by atoms with Gasteiger partial charge < -0.3 is 10.2 Å². The summed E-state index contributed by atoms with van der Waals surface area (Å²) in [7, 11) is 2.24. The molecule has 0 bridgehead atoms. The zero-order valence-electron chi connectivity index (χ0n) is 12.1. The van der Waals surface area contributed by atoms with Gasteiger partial charge in [0.05, 0.1) is 0 Å². The molecule has 2 aliphatic rings. The molecule has 0 aromatic carbocycles. The van der Waals surface area contributed by atoms with Crippen LogP contribution in [-0.2, 0) is 0 Å². The van der Waals surface area contributed by atoms with Gasteiger partial charge in [-0.2, -0.15) is 0 Å². The highest BCUT2D eigenvalue weighted by molar-refractivity contribution is 4.89. The summed E-state index contributed by atoms with van der Waals surface area (Å²) in [6.07, 6.45) is 6.83. The Morgan fingerprint density at radius 1 is 1.12 bits per heavy atom. The Labute approximate surface area is 107 Å². The van der Waals surface area contributed by atoms with E-state index in [1.165, 1.54) is 45.2 Å². The minimum absolute atomic E-state index is 0.574. The third kappa shape index (κ3) is 3.69. The summed E-state index contributed by atoms with van der Waals surface area (Å²) in [6.45, 7) is 9.83. The first-order chi connectivity index (χ1) is 7.96. The predicted octanol–water partition coefficient (Wildman–Crippen LogP) is 2.89. The first kappa shape index (κ1) is 13.4. The van der Waals surface area contributed by atoms with E-state index in [4.69, 9.17) is 0 Å². The molecule has 1 N–H and O–H groups in total. The van der Waals surface area contributed by atoms with Gasteiger partial charge in [0.1, 0.15) is 0 Å². The Kier molecular flexibility index (Phi) is 4.14. The summed E-state index contributed by atoms with van der Waals surface area (Å²) in [5.74, 6) is 0.846. The van der Waals surface area contributed by atoms with E-state index in [9.17, 15) is 0 Å². The highest BCUT2D eigenvalue weighted by atomic mass is 15.1. The summed E-state index contributed by atoms with van der Waals surface area (Å²) in [6, 6.07) is 1.55. The van der Waals surface area contributed by atoms with E-state index in [0.29, 0.717) is 5.41 Å². The van der Waals surface area contributed by atoms with Gasteiger partial charge in [0.25, 0.3) is 0 Å². The van der Waals surface area contributed by atoms with Crippen LogP contribution in [0, 0.1) is 11.3 Å². The molecular weight excluding hydrogens is 208 g/mol. The molecule has 2 nitrogen and oxygen atoms in total.